The maximum atomic E-state index is 10.6. The Balaban J connectivity index is -0.000000492. The van der Waals surface area contributed by atoms with Gasteiger partial charge in [-0.1, -0.05) is 27.7 Å². The first-order chi connectivity index (χ1) is 21.2. The Morgan fingerprint density at radius 2 is 0.955 bits per heavy atom. The van der Waals surface area contributed by atoms with Gasteiger partial charge in [0.15, 0.2) is 10.2 Å². The molecule has 0 aliphatic heterocycles. The molecule has 6 nitrogen and oxygen atoms in total. The molecule has 44 heavy (non-hydrogen) atoms. The maximum absolute atomic E-state index is 10.6. The van der Waals surface area contributed by atoms with Gasteiger partial charge in [0.1, 0.15) is 0 Å². The van der Waals surface area contributed by atoms with Crippen molar-refractivity contribution < 1.29 is 28.6 Å². The summed E-state index contributed by atoms with van der Waals surface area (Å²) in [5, 5.41) is 18.1. The highest BCUT2D eigenvalue weighted by Gasteiger charge is 2.05. The molecule has 0 aromatic carbocycles. The van der Waals surface area contributed by atoms with Crippen molar-refractivity contribution in [2.24, 2.45) is 0 Å². The fourth-order valence-electron chi connectivity index (χ4n) is 1.53. The number of thioether (sulfide) groups is 1. The van der Waals surface area contributed by atoms with Gasteiger partial charge in [0.05, 0.1) is 38.3 Å². The Morgan fingerprint density at radius 1 is 0.659 bits per heavy atom. The number of hydrogen-bond acceptors (Lipinski definition) is 11. The van der Waals surface area contributed by atoms with E-state index in [0.717, 1.165) is 27.6 Å². The van der Waals surface area contributed by atoms with Crippen LogP contribution in [-0.2, 0) is 212 Å². The van der Waals surface area contributed by atoms with Gasteiger partial charge in [-0.2, -0.15) is 0 Å². The fourth-order valence-corrected chi connectivity index (χ4v) is 32.8. The fraction of sp³-hybridized carbons (Fsp3) is 0.375. The summed E-state index contributed by atoms with van der Waals surface area (Å²) in [6.45, 7) is 2.92. The second kappa shape index (κ2) is 42.3. The molecule has 2 aromatic rings. The monoisotopic (exact) mass is 1060 g/mol. The van der Waals surface area contributed by atoms with Gasteiger partial charge in [0.2, 0.25) is 0 Å². The Bertz CT molecular complexity index is 1680. The van der Waals surface area contributed by atoms with Crippen LogP contribution in [0.1, 0.15) is 36.1 Å². The lowest BCUT2D eigenvalue weighted by Gasteiger charge is -1.95. The van der Waals surface area contributed by atoms with Crippen LogP contribution in [0, 0.1) is 0 Å². The number of furan rings is 2. The number of aliphatic hydroxyl groups is 2. The van der Waals surface area contributed by atoms with Crippen LogP contribution in [0.2, 0.25) is 0 Å². The molecule has 0 saturated carbocycles. The zero-order valence-electron chi connectivity index (χ0n) is 21.7. The summed E-state index contributed by atoms with van der Waals surface area (Å²) < 4.78 is 9.72. The van der Waals surface area contributed by atoms with Crippen LogP contribution < -0.4 is 0 Å². The summed E-state index contributed by atoms with van der Waals surface area (Å²) in [5.41, 5.74) is 3.51. The van der Waals surface area contributed by atoms with Gasteiger partial charge in [-0.15, -0.1) is 12.6 Å². The highest BCUT2D eigenvalue weighted by atomic mass is 79.9. The van der Waals surface area contributed by atoms with Gasteiger partial charge in [-0.3, -0.25) is 9.59 Å². The molecule has 0 atom stereocenters. The minimum atomic E-state index is -0.139. The Morgan fingerprint density at radius 3 is 1.23 bits per heavy atom. The van der Waals surface area contributed by atoms with Gasteiger partial charge in [0, 0.05) is 225 Å². The number of alkyl halides is 1. The third-order valence-electron chi connectivity index (χ3n) is 2.94. The third kappa shape index (κ3) is 39.6. The van der Waals surface area contributed by atoms with Gasteiger partial charge in [-0.05, 0) is 0 Å². The van der Waals surface area contributed by atoms with E-state index in [0.29, 0.717) is 5.75 Å². The summed E-state index contributed by atoms with van der Waals surface area (Å²) >= 11 is 26.4. The minimum absolute atomic E-state index is 0.0374. The van der Waals surface area contributed by atoms with Crippen molar-refractivity contribution >= 4 is 229 Å². The van der Waals surface area contributed by atoms with Gasteiger partial charge in [0.25, 0.3) is 0 Å². The number of thiol groups is 1. The van der Waals surface area contributed by atoms with E-state index in [1.807, 2.05) is 0 Å². The van der Waals surface area contributed by atoms with E-state index in [2.05, 4.69) is 73.3 Å². The topological polar surface area (TPSA) is 101 Å². The molecule has 0 aliphatic rings. The summed E-state index contributed by atoms with van der Waals surface area (Å²) in [7, 11) is 23.6. The summed E-state index contributed by atoms with van der Waals surface area (Å²) in [6.07, 6.45) is 6.23. The predicted molar refractivity (Wildman–Crippen MR) is 243 cm³/mol. The molecule has 0 saturated heterocycles. The molecule has 0 amide bonds. The van der Waals surface area contributed by atoms with Crippen molar-refractivity contribution in [1.82, 2.24) is 0 Å². The molecule has 28 heteroatoms. The Kier molecular flexibility index (Phi) is 49.6. The Labute approximate surface area is 336 Å². The second-order valence-corrected chi connectivity index (χ2v) is 34.5. The number of hydrogen-bond donors (Lipinski definition) is 3. The zero-order chi connectivity index (χ0) is 33.8. The second-order valence-electron chi connectivity index (χ2n) is 5.61. The number of carbonyl (C=O) groups excluding carboxylic acids is 2. The van der Waals surface area contributed by atoms with Crippen LogP contribution in [0.4, 0.5) is 0 Å². The van der Waals surface area contributed by atoms with Crippen molar-refractivity contribution in [3.63, 3.8) is 0 Å². The predicted octanol–water partition coefficient (Wildman–Crippen LogP) is 3.64. The van der Waals surface area contributed by atoms with Gasteiger partial charge >= 0.3 is 0 Å². The molecule has 2 heterocycles. The van der Waals surface area contributed by atoms with E-state index in [1.54, 1.807) is 116 Å². The van der Waals surface area contributed by atoms with Crippen LogP contribution >= 0.6 is 40.3 Å². The third-order valence-corrected chi connectivity index (χ3v) is 33.3. The number of carbonyl (C=O) groups is 2. The molecule has 254 valence electrons. The first kappa shape index (κ1) is 51.5. The number of aliphatic hydroxyl groups excluding tert-OH is 2. The molecular weight excluding hydrogens is 1040 g/mol. The first-order valence-corrected chi connectivity index (χ1v) is 35.1. The van der Waals surface area contributed by atoms with E-state index in [-0.39, 0.29) is 23.4 Å². The van der Waals surface area contributed by atoms with Crippen molar-refractivity contribution in [3.05, 3.63) is 47.3 Å². The quantitative estimate of drug-likeness (QED) is 0.303. The molecule has 2 N–H and O–H groups in total. The highest BCUT2D eigenvalue weighted by Crippen LogP contribution is 2.18. The average Bonchev–Trinajstić information content (AvgIpc) is 3.67. The molecule has 2 aromatic heterocycles. The maximum Gasteiger partial charge on any atom is 0.186 e. The van der Waals surface area contributed by atoms with E-state index in [9.17, 15) is 9.59 Å². The lowest BCUT2D eigenvalue weighted by molar-refractivity contribution is -0.109. The van der Waals surface area contributed by atoms with E-state index in [1.165, 1.54) is 67.4 Å². The lowest BCUT2D eigenvalue weighted by Crippen LogP contribution is -1.88. The summed E-state index contributed by atoms with van der Waals surface area (Å²) in [4.78, 5) is 19.9. The lowest BCUT2D eigenvalue weighted by atomic mass is 10.2. The van der Waals surface area contributed by atoms with Gasteiger partial charge in [-0.25, -0.2) is 0 Å². The minimum Gasteiger partial charge on any atom is -0.472 e. The average molecular weight is 1060 g/mol. The zero-order valence-corrected chi connectivity index (χ0v) is 40.5. The summed E-state index contributed by atoms with van der Waals surface area (Å²) in [5.74, 6) is 0.571. The molecule has 0 unspecified atom stereocenters. The van der Waals surface area contributed by atoms with Gasteiger partial charge < -0.3 is 19.0 Å². The van der Waals surface area contributed by atoms with Crippen LogP contribution in [0.5, 0.6) is 0 Å². The Hall–Kier alpha value is 3.18. The molecule has 0 radical (unpaired) electrons. The number of rotatable bonds is 5. The molecule has 0 aliphatic carbocycles. The molecule has 2 rings (SSSR count). The van der Waals surface area contributed by atoms with Crippen LogP contribution in [0.25, 0.3) is 0 Å². The molecule has 0 spiro atoms. The number of halogens is 1. The van der Waals surface area contributed by atoms with Crippen molar-refractivity contribution in [2.45, 2.75) is 38.1 Å². The SMILES string of the molecule is CC(=O)S.CC(=O)SCc1cocc1CO.OCc1cocc1CBr.S=S=S=S=S=S=S=S=S.S=S=S=S=S=S=S=S=S=S. The van der Waals surface area contributed by atoms with E-state index in [4.69, 9.17) is 19.0 Å². The van der Waals surface area contributed by atoms with Crippen molar-refractivity contribution in [2.75, 3.05) is 0 Å². The van der Waals surface area contributed by atoms with Crippen LogP contribution in [0.3, 0.4) is 0 Å². The van der Waals surface area contributed by atoms with E-state index >= 15 is 0 Å². The standard InChI is InChI=1S/C8H10O3S.C6H7BrO2.C2H4OS.S10.S9/c1-6(10)12-5-8-4-11-3-7(8)2-9;7-1-5-3-9-4-6(5)2-8;1-2(3)4;1-3-5-7-9-10-8-6-4-2;1-3-5-7-9-8-6-4-2/h3-4,9H,2,5H2,1H3;3-4,8H,1-2H2;1H3,(H,3,4);;. The smallest absolute Gasteiger partial charge is 0.186 e. The van der Waals surface area contributed by atoms with Crippen molar-refractivity contribution in [3.8, 4) is 0 Å². The molecule has 0 fully saturated rings. The largest absolute Gasteiger partial charge is 0.472 e. The van der Waals surface area contributed by atoms with E-state index < -0.39 is 0 Å². The molecule has 0 bridgehead atoms. The molecular formula is C16H21BrO6S21. The van der Waals surface area contributed by atoms with Crippen LogP contribution in [0.15, 0.2) is 33.9 Å². The first-order valence-electron chi connectivity index (χ1n) is 9.87. The van der Waals surface area contributed by atoms with Crippen LogP contribution in [-0.4, -0.2) is 20.4 Å². The normalized spacial score (nSPS) is 8.32. The highest BCUT2D eigenvalue weighted by molar-refractivity contribution is 9.08. The summed E-state index contributed by atoms with van der Waals surface area (Å²) in [6, 6.07) is 0. The van der Waals surface area contributed by atoms with Crippen molar-refractivity contribution in [1.29, 1.82) is 0 Å².